The smallest absolute Gasteiger partial charge is 0.292 e. The number of pyridine rings is 1. The number of piperidine rings is 1. The molecule has 2 aromatic heterocycles. The average molecular weight is 341 g/mol. The maximum atomic E-state index is 13.6. The lowest BCUT2D eigenvalue weighted by molar-refractivity contribution is -0.384. The molecule has 0 bridgehead atoms. The zero-order valence-electron chi connectivity index (χ0n) is 13.4. The van der Waals surface area contributed by atoms with Crippen LogP contribution in [0.5, 0.6) is 0 Å². The second kappa shape index (κ2) is 6.12. The van der Waals surface area contributed by atoms with Crippen LogP contribution in [0.3, 0.4) is 0 Å². The number of nitrogens with zero attached hydrogens (tertiary/aromatic N) is 5. The van der Waals surface area contributed by atoms with Gasteiger partial charge in [-0.2, -0.15) is 0 Å². The Bertz CT molecular complexity index is 934. The van der Waals surface area contributed by atoms with E-state index in [9.17, 15) is 14.5 Å². The van der Waals surface area contributed by atoms with Gasteiger partial charge in [0, 0.05) is 37.3 Å². The molecule has 0 saturated carbocycles. The first-order valence-electron chi connectivity index (χ1n) is 8.12. The predicted molar refractivity (Wildman–Crippen MR) is 90.2 cm³/mol. The van der Waals surface area contributed by atoms with Gasteiger partial charge < -0.3 is 4.90 Å². The van der Waals surface area contributed by atoms with Gasteiger partial charge in [-0.1, -0.05) is 6.07 Å². The van der Waals surface area contributed by atoms with Gasteiger partial charge in [0.05, 0.1) is 4.92 Å². The van der Waals surface area contributed by atoms with Gasteiger partial charge in [0.1, 0.15) is 17.3 Å². The molecule has 1 fully saturated rings. The Balaban J connectivity index is 1.56. The molecular formula is C17H16FN5O2. The summed E-state index contributed by atoms with van der Waals surface area (Å²) < 4.78 is 15.5. The van der Waals surface area contributed by atoms with Crippen molar-refractivity contribution in [2.75, 3.05) is 18.0 Å². The number of halogens is 1. The van der Waals surface area contributed by atoms with Gasteiger partial charge in [-0.05, 0) is 31.0 Å². The molecule has 25 heavy (non-hydrogen) atoms. The van der Waals surface area contributed by atoms with Crippen LogP contribution in [0, 0.1) is 15.9 Å². The van der Waals surface area contributed by atoms with Crippen molar-refractivity contribution in [3.63, 3.8) is 0 Å². The van der Waals surface area contributed by atoms with E-state index in [2.05, 4.69) is 10.2 Å². The van der Waals surface area contributed by atoms with Crippen molar-refractivity contribution in [2.45, 2.75) is 18.8 Å². The van der Waals surface area contributed by atoms with Crippen LogP contribution < -0.4 is 4.90 Å². The van der Waals surface area contributed by atoms with Crippen LogP contribution in [0.25, 0.3) is 5.65 Å². The molecule has 0 N–H and O–H groups in total. The molecule has 3 heterocycles. The van der Waals surface area contributed by atoms with Crippen molar-refractivity contribution in [1.82, 2.24) is 14.6 Å². The van der Waals surface area contributed by atoms with Gasteiger partial charge in [0.15, 0.2) is 5.65 Å². The minimum Gasteiger partial charge on any atom is -0.366 e. The number of benzene rings is 1. The molecular weight excluding hydrogens is 325 g/mol. The maximum absolute atomic E-state index is 13.6. The first-order valence-corrected chi connectivity index (χ1v) is 8.12. The molecule has 0 radical (unpaired) electrons. The van der Waals surface area contributed by atoms with Crippen LogP contribution in [0.2, 0.25) is 0 Å². The topological polar surface area (TPSA) is 76.6 Å². The molecule has 1 saturated heterocycles. The first kappa shape index (κ1) is 15.5. The number of nitro groups is 1. The Kier molecular flexibility index (Phi) is 3.79. The molecule has 1 aromatic carbocycles. The summed E-state index contributed by atoms with van der Waals surface area (Å²) in [5.74, 6) is 0.663. The van der Waals surface area contributed by atoms with Crippen LogP contribution in [-0.2, 0) is 0 Å². The lowest BCUT2D eigenvalue weighted by Crippen LogP contribution is -2.34. The summed E-state index contributed by atoms with van der Waals surface area (Å²) in [4.78, 5) is 12.6. The highest BCUT2D eigenvalue weighted by Crippen LogP contribution is 2.34. The van der Waals surface area contributed by atoms with E-state index in [0.29, 0.717) is 18.8 Å². The van der Waals surface area contributed by atoms with Gasteiger partial charge in [0.2, 0.25) is 0 Å². The predicted octanol–water partition coefficient (Wildman–Crippen LogP) is 3.16. The number of hydrogen-bond acceptors (Lipinski definition) is 5. The average Bonchev–Trinajstić information content (AvgIpc) is 3.05. The molecule has 128 valence electrons. The highest BCUT2D eigenvalue weighted by molar-refractivity contribution is 5.63. The summed E-state index contributed by atoms with van der Waals surface area (Å²) in [6.45, 7) is 1.22. The first-order chi connectivity index (χ1) is 12.1. The van der Waals surface area contributed by atoms with E-state index in [1.165, 1.54) is 12.1 Å². The molecule has 0 spiro atoms. The highest BCUT2D eigenvalue weighted by Gasteiger charge is 2.28. The Morgan fingerprint density at radius 3 is 2.72 bits per heavy atom. The summed E-state index contributed by atoms with van der Waals surface area (Å²) in [6.07, 6.45) is 3.50. The van der Waals surface area contributed by atoms with Crippen LogP contribution in [0.1, 0.15) is 24.6 Å². The summed E-state index contributed by atoms with van der Waals surface area (Å²) in [7, 11) is 0. The fraction of sp³-hybridized carbons (Fsp3) is 0.294. The Morgan fingerprint density at radius 1 is 1.16 bits per heavy atom. The Morgan fingerprint density at radius 2 is 1.96 bits per heavy atom. The second-order valence-electron chi connectivity index (χ2n) is 6.14. The molecule has 3 aromatic rings. The van der Waals surface area contributed by atoms with Crippen LogP contribution >= 0.6 is 0 Å². The molecule has 8 heteroatoms. The third-order valence-corrected chi connectivity index (χ3v) is 4.68. The third kappa shape index (κ3) is 2.79. The monoisotopic (exact) mass is 341 g/mol. The van der Waals surface area contributed by atoms with Gasteiger partial charge in [-0.15, -0.1) is 10.2 Å². The number of hydrogen-bond donors (Lipinski definition) is 0. The molecule has 1 aliphatic heterocycles. The number of fused-ring (bicyclic) bond motifs is 1. The molecule has 0 aliphatic carbocycles. The van der Waals surface area contributed by atoms with Gasteiger partial charge in [0.25, 0.3) is 5.69 Å². The Hall–Kier alpha value is -3.03. The highest BCUT2D eigenvalue weighted by atomic mass is 19.1. The van der Waals surface area contributed by atoms with Crippen molar-refractivity contribution in [2.24, 2.45) is 0 Å². The number of anilines is 1. The fourth-order valence-electron chi connectivity index (χ4n) is 3.42. The van der Waals surface area contributed by atoms with Crippen molar-refractivity contribution >= 4 is 17.0 Å². The fourth-order valence-corrected chi connectivity index (χ4v) is 3.42. The van der Waals surface area contributed by atoms with Gasteiger partial charge in [-0.25, -0.2) is 4.39 Å². The van der Waals surface area contributed by atoms with E-state index in [-0.39, 0.29) is 11.6 Å². The zero-order valence-corrected chi connectivity index (χ0v) is 13.4. The minimum absolute atomic E-state index is 0.0622. The summed E-state index contributed by atoms with van der Waals surface area (Å²) >= 11 is 0. The second-order valence-corrected chi connectivity index (χ2v) is 6.14. The lowest BCUT2D eigenvalue weighted by Gasteiger charge is -2.32. The normalized spacial score (nSPS) is 15.6. The quantitative estimate of drug-likeness (QED) is 0.540. The van der Waals surface area contributed by atoms with E-state index in [4.69, 9.17) is 0 Å². The van der Waals surface area contributed by atoms with Crippen LogP contribution in [0.4, 0.5) is 15.8 Å². The molecule has 7 nitrogen and oxygen atoms in total. The standard InChI is InChI=1S/C17H16FN5O2/c18-13-4-5-14(23(24)25)15(11-13)21-9-6-12(7-10-21)17-20-19-16-3-1-2-8-22(16)17/h1-5,8,11-12H,6-7,9-10H2. The molecule has 0 amide bonds. The van der Waals surface area contributed by atoms with Crippen molar-refractivity contribution in [3.8, 4) is 0 Å². The van der Waals surface area contributed by atoms with Crippen LogP contribution in [-0.4, -0.2) is 32.6 Å². The van der Waals surface area contributed by atoms with Gasteiger partial charge >= 0.3 is 0 Å². The summed E-state index contributed by atoms with van der Waals surface area (Å²) in [5, 5.41) is 19.7. The number of nitro benzene ring substituents is 1. The van der Waals surface area contributed by atoms with Crippen molar-refractivity contribution in [1.29, 1.82) is 0 Å². The molecule has 1 aliphatic rings. The largest absolute Gasteiger partial charge is 0.366 e. The van der Waals surface area contributed by atoms with E-state index >= 15 is 0 Å². The molecule has 4 rings (SSSR count). The van der Waals surface area contributed by atoms with E-state index < -0.39 is 10.7 Å². The third-order valence-electron chi connectivity index (χ3n) is 4.68. The SMILES string of the molecule is O=[N+]([O-])c1ccc(F)cc1N1CCC(c2nnc3ccccn23)CC1. The summed E-state index contributed by atoms with van der Waals surface area (Å²) in [6, 6.07) is 9.34. The van der Waals surface area contributed by atoms with E-state index in [1.54, 1.807) is 0 Å². The molecule has 0 unspecified atom stereocenters. The van der Waals surface area contributed by atoms with E-state index in [0.717, 1.165) is 30.4 Å². The van der Waals surface area contributed by atoms with Crippen molar-refractivity contribution in [3.05, 3.63) is 64.4 Å². The lowest BCUT2D eigenvalue weighted by atomic mass is 9.95. The number of rotatable bonds is 3. The van der Waals surface area contributed by atoms with Crippen LogP contribution in [0.15, 0.2) is 42.6 Å². The minimum atomic E-state index is -0.467. The van der Waals surface area contributed by atoms with Crippen molar-refractivity contribution < 1.29 is 9.31 Å². The summed E-state index contributed by atoms with van der Waals surface area (Å²) in [5.41, 5.74) is 1.09. The zero-order chi connectivity index (χ0) is 17.4. The van der Waals surface area contributed by atoms with E-state index in [1.807, 2.05) is 33.7 Å². The Labute approximate surface area is 142 Å². The molecule has 0 atom stereocenters. The number of aromatic nitrogens is 3. The maximum Gasteiger partial charge on any atom is 0.292 e. The van der Waals surface area contributed by atoms with Gasteiger partial charge in [-0.3, -0.25) is 14.5 Å².